The summed E-state index contributed by atoms with van der Waals surface area (Å²) in [7, 11) is 0. The smallest absolute Gasteiger partial charge is 0.0643 e. The Bertz CT molecular complexity index is 237. The van der Waals surface area contributed by atoms with Crippen LogP contribution >= 0.6 is 23.1 Å². The van der Waals surface area contributed by atoms with E-state index in [0.29, 0.717) is 6.42 Å². The van der Waals surface area contributed by atoms with E-state index < -0.39 is 0 Å². The minimum absolute atomic E-state index is 0.0105. The van der Waals surface area contributed by atoms with Crippen molar-refractivity contribution in [3.8, 4) is 0 Å². The van der Waals surface area contributed by atoms with E-state index in [1.54, 1.807) is 23.1 Å². The molecule has 1 aromatic rings. The zero-order valence-electron chi connectivity index (χ0n) is 6.99. The molecular formula is C8H13NOS2. The van der Waals surface area contributed by atoms with E-state index in [1.165, 1.54) is 9.77 Å². The summed E-state index contributed by atoms with van der Waals surface area (Å²) in [6.45, 7) is 0.158. The average Bonchev–Trinajstić information content (AvgIpc) is 2.51. The SMILES string of the molecule is CSc1sccc1C(N)CCO. The summed E-state index contributed by atoms with van der Waals surface area (Å²) in [6, 6.07) is 2.03. The maximum atomic E-state index is 8.72. The highest BCUT2D eigenvalue weighted by Crippen LogP contribution is 2.31. The number of aliphatic hydroxyl groups excluding tert-OH is 1. The predicted molar refractivity (Wildman–Crippen MR) is 54.7 cm³/mol. The van der Waals surface area contributed by atoms with Crippen molar-refractivity contribution in [1.29, 1.82) is 0 Å². The van der Waals surface area contributed by atoms with E-state index >= 15 is 0 Å². The second-order valence-corrected chi connectivity index (χ2v) is 4.48. The van der Waals surface area contributed by atoms with Gasteiger partial charge in [-0.1, -0.05) is 0 Å². The van der Waals surface area contributed by atoms with E-state index in [-0.39, 0.29) is 12.6 Å². The van der Waals surface area contributed by atoms with Gasteiger partial charge in [-0.05, 0) is 29.7 Å². The molecule has 0 saturated heterocycles. The van der Waals surface area contributed by atoms with Crippen LogP contribution < -0.4 is 5.73 Å². The lowest BCUT2D eigenvalue weighted by Gasteiger charge is -2.09. The molecule has 0 aliphatic carbocycles. The van der Waals surface area contributed by atoms with E-state index in [1.807, 2.05) is 17.7 Å². The van der Waals surface area contributed by atoms with Gasteiger partial charge in [0.25, 0.3) is 0 Å². The molecule has 0 bridgehead atoms. The molecule has 12 heavy (non-hydrogen) atoms. The van der Waals surface area contributed by atoms with Crippen LogP contribution in [-0.2, 0) is 0 Å². The van der Waals surface area contributed by atoms with Crippen LogP contribution in [0.25, 0.3) is 0 Å². The van der Waals surface area contributed by atoms with Gasteiger partial charge in [0.05, 0.1) is 4.21 Å². The Hall–Kier alpha value is -0.0300. The molecule has 1 unspecified atom stereocenters. The third-order valence-electron chi connectivity index (χ3n) is 1.68. The highest BCUT2D eigenvalue weighted by molar-refractivity contribution is 8.00. The first-order valence-corrected chi connectivity index (χ1v) is 5.88. The fourth-order valence-corrected chi connectivity index (χ4v) is 2.74. The fourth-order valence-electron chi connectivity index (χ4n) is 1.04. The summed E-state index contributed by atoms with van der Waals surface area (Å²) >= 11 is 3.42. The van der Waals surface area contributed by atoms with Crippen molar-refractivity contribution in [2.24, 2.45) is 5.73 Å². The van der Waals surface area contributed by atoms with Crippen molar-refractivity contribution in [3.05, 3.63) is 17.0 Å². The molecule has 2 nitrogen and oxygen atoms in total. The highest BCUT2D eigenvalue weighted by atomic mass is 32.2. The Morgan fingerprint density at radius 1 is 1.75 bits per heavy atom. The second kappa shape index (κ2) is 4.87. The van der Waals surface area contributed by atoms with Crippen LogP contribution in [0, 0.1) is 0 Å². The van der Waals surface area contributed by atoms with E-state index in [0.717, 1.165) is 0 Å². The van der Waals surface area contributed by atoms with Gasteiger partial charge < -0.3 is 10.8 Å². The normalized spacial score (nSPS) is 13.2. The summed E-state index contributed by atoms with van der Waals surface area (Å²) in [5.41, 5.74) is 7.03. The van der Waals surface area contributed by atoms with Crippen LogP contribution in [0.1, 0.15) is 18.0 Å². The van der Waals surface area contributed by atoms with Gasteiger partial charge in [-0.25, -0.2) is 0 Å². The number of rotatable bonds is 4. The lowest BCUT2D eigenvalue weighted by molar-refractivity contribution is 0.276. The summed E-state index contributed by atoms with van der Waals surface area (Å²) in [5.74, 6) is 0. The molecule has 0 aliphatic heterocycles. The van der Waals surface area contributed by atoms with Crippen molar-refractivity contribution >= 4 is 23.1 Å². The molecule has 4 heteroatoms. The molecule has 0 spiro atoms. The van der Waals surface area contributed by atoms with Crippen molar-refractivity contribution in [3.63, 3.8) is 0 Å². The second-order valence-electron chi connectivity index (χ2n) is 2.49. The predicted octanol–water partition coefficient (Wildman–Crippen LogP) is 1.85. The van der Waals surface area contributed by atoms with Crippen molar-refractivity contribution < 1.29 is 5.11 Å². The summed E-state index contributed by atoms with van der Waals surface area (Å²) in [6.07, 6.45) is 2.69. The maximum absolute atomic E-state index is 8.72. The van der Waals surface area contributed by atoms with Crippen LogP contribution in [0.15, 0.2) is 15.7 Å². The van der Waals surface area contributed by atoms with Gasteiger partial charge in [0, 0.05) is 12.6 Å². The summed E-state index contributed by atoms with van der Waals surface area (Å²) < 4.78 is 1.26. The minimum atomic E-state index is -0.0105. The van der Waals surface area contributed by atoms with Gasteiger partial charge in [0.15, 0.2) is 0 Å². The van der Waals surface area contributed by atoms with Gasteiger partial charge in [-0.2, -0.15) is 0 Å². The van der Waals surface area contributed by atoms with Gasteiger partial charge in [0.1, 0.15) is 0 Å². The molecule has 1 atom stereocenters. The summed E-state index contributed by atoms with van der Waals surface area (Å²) in [4.78, 5) is 0. The van der Waals surface area contributed by atoms with E-state index in [9.17, 15) is 0 Å². The Balaban J connectivity index is 2.71. The molecule has 0 fully saturated rings. The Labute approximate surface area is 80.8 Å². The molecule has 0 radical (unpaired) electrons. The third kappa shape index (κ3) is 2.23. The number of hydrogen-bond acceptors (Lipinski definition) is 4. The van der Waals surface area contributed by atoms with Crippen LogP contribution in [0.3, 0.4) is 0 Å². The molecule has 1 aromatic heterocycles. The van der Waals surface area contributed by atoms with Crippen molar-refractivity contribution in [1.82, 2.24) is 0 Å². The first-order chi connectivity index (χ1) is 5.79. The van der Waals surface area contributed by atoms with Crippen molar-refractivity contribution in [2.45, 2.75) is 16.7 Å². The highest BCUT2D eigenvalue weighted by Gasteiger charge is 2.10. The van der Waals surface area contributed by atoms with E-state index in [4.69, 9.17) is 10.8 Å². The van der Waals surface area contributed by atoms with Crippen molar-refractivity contribution in [2.75, 3.05) is 12.9 Å². The third-order valence-corrected chi connectivity index (χ3v) is 3.80. The lowest BCUT2D eigenvalue weighted by atomic mass is 10.1. The Morgan fingerprint density at radius 2 is 2.50 bits per heavy atom. The zero-order valence-corrected chi connectivity index (χ0v) is 8.62. The molecule has 3 N–H and O–H groups in total. The van der Waals surface area contributed by atoms with E-state index in [2.05, 4.69) is 0 Å². The Morgan fingerprint density at radius 3 is 3.08 bits per heavy atom. The van der Waals surface area contributed by atoms with Gasteiger partial charge in [0.2, 0.25) is 0 Å². The number of nitrogens with two attached hydrogens (primary N) is 1. The summed E-state index contributed by atoms with van der Waals surface area (Å²) in [5, 5.41) is 10.8. The minimum Gasteiger partial charge on any atom is -0.396 e. The first-order valence-electron chi connectivity index (χ1n) is 3.77. The molecule has 0 amide bonds. The van der Waals surface area contributed by atoms with Crippen LogP contribution in [0.2, 0.25) is 0 Å². The average molecular weight is 203 g/mol. The molecule has 0 aliphatic rings. The standard InChI is InChI=1S/C8H13NOS2/c1-11-8-6(3-5-12-8)7(9)2-4-10/h3,5,7,10H,2,4,9H2,1H3. The molecular weight excluding hydrogens is 190 g/mol. The molecule has 1 heterocycles. The molecule has 68 valence electrons. The largest absolute Gasteiger partial charge is 0.396 e. The fraction of sp³-hybridized carbons (Fsp3) is 0.500. The molecule has 1 rings (SSSR count). The van der Waals surface area contributed by atoms with Gasteiger partial charge in [-0.3, -0.25) is 0 Å². The number of hydrogen-bond donors (Lipinski definition) is 2. The van der Waals surface area contributed by atoms with Gasteiger partial charge >= 0.3 is 0 Å². The molecule has 0 aromatic carbocycles. The maximum Gasteiger partial charge on any atom is 0.0643 e. The quantitative estimate of drug-likeness (QED) is 0.734. The lowest BCUT2D eigenvalue weighted by Crippen LogP contribution is -2.11. The molecule has 0 saturated carbocycles. The first kappa shape index (κ1) is 10.1. The zero-order chi connectivity index (χ0) is 8.97. The van der Waals surface area contributed by atoms with Gasteiger partial charge in [-0.15, -0.1) is 23.1 Å². The van der Waals surface area contributed by atoms with Crippen LogP contribution in [-0.4, -0.2) is 18.0 Å². The topological polar surface area (TPSA) is 46.2 Å². The number of aliphatic hydroxyl groups is 1. The monoisotopic (exact) mass is 203 g/mol. The Kier molecular flexibility index (Phi) is 4.08. The van der Waals surface area contributed by atoms with Crippen LogP contribution in [0.5, 0.6) is 0 Å². The van der Waals surface area contributed by atoms with Crippen LogP contribution in [0.4, 0.5) is 0 Å². The number of thioether (sulfide) groups is 1. The number of thiophene rings is 1.